The number of benzene rings is 3. The number of nitrogens with one attached hydrogen (secondary N) is 2. The maximum absolute atomic E-state index is 14.5. The first kappa shape index (κ1) is 32.1. The molecule has 0 radical (unpaired) electrons. The second-order valence-corrected chi connectivity index (χ2v) is 13.1. The molecule has 1 fully saturated rings. The molecule has 5 N–H and O–H groups in total. The molecule has 0 saturated carbocycles. The molecular formula is C31H36N4O8S. The third-order valence-corrected chi connectivity index (χ3v) is 9.76. The van der Waals surface area contributed by atoms with Crippen LogP contribution in [0, 0.1) is 0 Å². The Labute approximate surface area is 256 Å². The number of likely N-dealkylation sites (tertiary alicyclic amines) is 1. The second kappa shape index (κ2) is 13.2. The average Bonchev–Trinajstić information content (AvgIpc) is 3.49. The lowest BCUT2D eigenvalue weighted by Crippen LogP contribution is -2.38. The van der Waals surface area contributed by atoms with Gasteiger partial charge < -0.3 is 30.5 Å². The van der Waals surface area contributed by atoms with Crippen molar-refractivity contribution >= 4 is 39.1 Å². The van der Waals surface area contributed by atoms with Crippen LogP contribution in [-0.2, 0) is 14.6 Å². The molecule has 0 aromatic heterocycles. The summed E-state index contributed by atoms with van der Waals surface area (Å²) in [5.74, 6) is -0.139. The minimum atomic E-state index is -3.79. The molecule has 3 aromatic carbocycles. The number of nitrogens with zero attached hydrogens (tertiary/aromatic N) is 1. The van der Waals surface area contributed by atoms with E-state index in [4.69, 9.17) is 15.2 Å². The van der Waals surface area contributed by atoms with Crippen molar-refractivity contribution in [3.05, 3.63) is 77.4 Å². The Morgan fingerprint density at radius 3 is 2.34 bits per heavy atom. The van der Waals surface area contributed by atoms with Crippen LogP contribution in [0.15, 0.2) is 65.6 Å². The fraction of sp³-hybridized carbons (Fsp3) is 0.323. The molecule has 3 amide bonds. The lowest BCUT2D eigenvalue weighted by Gasteiger charge is -2.32. The number of amides is 3. The van der Waals surface area contributed by atoms with Crippen LogP contribution in [0.3, 0.4) is 0 Å². The molecule has 0 bridgehead atoms. The highest BCUT2D eigenvalue weighted by molar-refractivity contribution is 7.92. The van der Waals surface area contributed by atoms with Crippen molar-refractivity contribution in [2.45, 2.75) is 48.9 Å². The summed E-state index contributed by atoms with van der Waals surface area (Å²) in [6.07, 6.45) is -0.256. The Kier molecular flexibility index (Phi) is 9.68. The van der Waals surface area contributed by atoms with E-state index in [-0.39, 0.29) is 22.1 Å². The van der Waals surface area contributed by atoms with Gasteiger partial charge in [-0.2, -0.15) is 0 Å². The van der Waals surface area contributed by atoms with Crippen molar-refractivity contribution in [1.82, 2.24) is 4.90 Å². The summed E-state index contributed by atoms with van der Waals surface area (Å²) in [5, 5.41) is 14.1. The van der Waals surface area contributed by atoms with Crippen molar-refractivity contribution in [3.8, 4) is 11.5 Å². The summed E-state index contributed by atoms with van der Waals surface area (Å²) in [4.78, 5) is 39.4. The molecule has 1 aliphatic rings. The van der Waals surface area contributed by atoms with E-state index in [1.54, 1.807) is 61.2 Å². The molecule has 234 valence electrons. The molecular weight excluding hydrogens is 588 g/mol. The first-order valence-electron chi connectivity index (χ1n) is 13.9. The highest BCUT2D eigenvalue weighted by Gasteiger charge is 2.38. The number of hydrogen-bond donors (Lipinski definition) is 4. The van der Waals surface area contributed by atoms with Crippen LogP contribution < -0.4 is 25.8 Å². The highest BCUT2D eigenvalue weighted by Crippen LogP contribution is 2.40. The molecule has 1 saturated heterocycles. The van der Waals surface area contributed by atoms with Crippen LogP contribution in [0.2, 0.25) is 0 Å². The number of carbonyl (C=O) groups excluding carboxylic acids is 2. The van der Waals surface area contributed by atoms with Gasteiger partial charge in [0.2, 0.25) is 11.8 Å². The monoisotopic (exact) mass is 624 g/mol. The molecule has 44 heavy (non-hydrogen) atoms. The number of rotatable bonds is 11. The van der Waals surface area contributed by atoms with E-state index in [1.165, 1.54) is 32.4 Å². The Morgan fingerprint density at radius 1 is 0.977 bits per heavy atom. The van der Waals surface area contributed by atoms with Crippen LogP contribution in [-0.4, -0.2) is 62.3 Å². The normalized spacial score (nSPS) is 15.5. The maximum Gasteiger partial charge on any atom is 0.409 e. The van der Waals surface area contributed by atoms with Gasteiger partial charge in [-0.1, -0.05) is 12.1 Å². The van der Waals surface area contributed by atoms with E-state index >= 15 is 0 Å². The van der Waals surface area contributed by atoms with Gasteiger partial charge in [0.25, 0.3) is 0 Å². The zero-order chi connectivity index (χ0) is 32.2. The van der Waals surface area contributed by atoms with Crippen LogP contribution in [0.25, 0.3) is 0 Å². The predicted molar refractivity (Wildman–Crippen MR) is 165 cm³/mol. The third-order valence-electron chi connectivity index (χ3n) is 7.53. The van der Waals surface area contributed by atoms with Gasteiger partial charge in [-0.3, -0.25) is 14.9 Å². The highest BCUT2D eigenvalue weighted by atomic mass is 32.2. The molecule has 0 spiro atoms. The molecule has 4 rings (SSSR count). The van der Waals surface area contributed by atoms with Gasteiger partial charge in [0.05, 0.1) is 30.4 Å². The summed E-state index contributed by atoms with van der Waals surface area (Å²) < 4.78 is 37.7. The minimum absolute atomic E-state index is 0.0397. The van der Waals surface area contributed by atoms with Crippen molar-refractivity contribution in [3.63, 3.8) is 0 Å². The molecule has 3 aromatic rings. The standard InChI is InChI=1S/C31H36N4O8S/c1-18(2)44(40,41)27-13-11-22(34-31(38)39)17-23(27)24-9-6-14-35(24)30(37)28(19-10-12-25(42-3)26(16-19)43-4)33-21-8-5-7-20(15-21)29(32)36/h5,7-8,10-13,15-18,24,28,33-34H,6,9,14H2,1-4H3,(H2,32,36)(H,38,39). The number of carboxylic acid groups (broad SMARTS) is 1. The fourth-order valence-electron chi connectivity index (χ4n) is 5.29. The quantitative estimate of drug-likeness (QED) is 0.238. The topological polar surface area (TPSA) is 177 Å². The largest absolute Gasteiger partial charge is 0.493 e. The summed E-state index contributed by atoms with van der Waals surface area (Å²) in [6.45, 7) is 3.46. The summed E-state index contributed by atoms with van der Waals surface area (Å²) in [5.41, 5.74) is 7.24. The molecule has 13 heteroatoms. The van der Waals surface area contributed by atoms with Crippen LogP contribution in [0.5, 0.6) is 11.5 Å². The summed E-state index contributed by atoms with van der Waals surface area (Å²) in [7, 11) is -0.814. The van der Waals surface area contributed by atoms with Gasteiger partial charge in [-0.15, -0.1) is 0 Å². The molecule has 0 aliphatic carbocycles. The zero-order valence-electron chi connectivity index (χ0n) is 24.9. The van der Waals surface area contributed by atoms with E-state index in [2.05, 4.69) is 10.6 Å². The van der Waals surface area contributed by atoms with Crippen molar-refractivity contribution < 1.29 is 37.4 Å². The number of ether oxygens (including phenoxy) is 2. The second-order valence-electron chi connectivity index (χ2n) is 10.6. The van der Waals surface area contributed by atoms with E-state index < -0.39 is 39.2 Å². The Bertz CT molecular complexity index is 1670. The van der Waals surface area contributed by atoms with Gasteiger partial charge in [-0.25, -0.2) is 13.2 Å². The van der Waals surface area contributed by atoms with Gasteiger partial charge >= 0.3 is 6.09 Å². The molecule has 2 atom stereocenters. The smallest absolute Gasteiger partial charge is 0.409 e. The van der Waals surface area contributed by atoms with Gasteiger partial charge in [0, 0.05) is 23.5 Å². The summed E-state index contributed by atoms with van der Waals surface area (Å²) >= 11 is 0. The number of sulfone groups is 1. The van der Waals surface area contributed by atoms with Crippen LogP contribution in [0.4, 0.5) is 16.2 Å². The summed E-state index contributed by atoms with van der Waals surface area (Å²) in [6, 6.07) is 14.1. The van der Waals surface area contributed by atoms with Crippen molar-refractivity contribution in [1.29, 1.82) is 0 Å². The number of anilines is 2. The Morgan fingerprint density at radius 2 is 1.70 bits per heavy atom. The van der Waals surface area contributed by atoms with Crippen LogP contribution in [0.1, 0.15) is 60.3 Å². The van der Waals surface area contributed by atoms with Gasteiger partial charge in [-0.05, 0) is 86.3 Å². The van der Waals surface area contributed by atoms with E-state index in [9.17, 15) is 27.9 Å². The predicted octanol–water partition coefficient (Wildman–Crippen LogP) is 4.59. The Hall–Kier alpha value is -4.78. The van der Waals surface area contributed by atoms with Crippen molar-refractivity contribution in [2.75, 3.05) is 31.4 Å². The van der Waals surface area contributed by atoms with E-state index in [1.807, 2.05) is 0 Å². The molecule has 2 unspecified atom stereocenters. The molecule has 1 heterocycles. The number of nitrogens with two attached hydrogens (primary N) is 1. The third kappa shape index (κ3) is 6.72. The van der Waals surface area contributed by atoms with Gasteiger partial charge in [0.15, 0.2) is 21.3 Å². The maximum atomic E-state index is 14.5. The molecule has 1 aliphatic heterocycles. The number of primary amides is 1. The number of carbonyl (C=O) groups is 3. The number of methoxy groups -OCH3 is 2. The van der Waals surface area contributed by atoms with Gasteiger partial charge in [0.1, 0.15) is 6.04 Å². The van der Waals surface area contributed by atoms with Crippen molar-refractivity contribution in [2.24, 2.45) is 5.73 Å². The zero-order valence-corrected chi connectivity index (χ0v) is 25.7. The fourth-order valence-corrected chi connectivity index (χ4v) is 6.58. The first-order chi connectivity index (χ1) is 20.9. The van der Waals surface area contributed by atoms with E-state index in [0.29, 0.717) is 47.7 Å². The SMILES string of the molecule is COc1ccc(C(Nc2cccc(C(N)=O)c2)C(=O)N2CCCC2c2cc(NC(=O)O)ccc2S(=O)(=O)C(C)C)cc1OC. The first-order valence-corrected chi connectivity index (χ1v) is 15.5. The lowest BCUT2D eigenvalue weighted by atomic mass is 10.0. The number of hydrogen-bond acceptors (Lipinski definition) is 8. The van der Waals surface area contributed by atoms with Crippen LogP contribution >= 0.6 is 0 Å². The Balaban J connectivity index is 1.83. The van der Waals surface area contributed by atoms with E-state index in [0.717, 1.165) is 0 Å². The average molecular weight is 625 g/mol. The lowest BCUT2D eigenvalue weighted by molar-refractivity contribution is -0.133. The minimum Gasteiger partial charge on any atom is -0.493 e. The molecule has 12 nitrogen and oxygen atoms in total.